The molecule has 22 heavy (non-hydrogen) atoms. The molecular weight excluding hydrogens is 301 g/mol. The maximum Gasteiger partial charge on any atom is 0.421 e. The number of nitrogens with one attached hydrogen (secondary N) is 1. The summed E-state index contributed by atoms with van der Waals surface area (Å²) in [6, 6.07) is 0.788. The average Bonchev–Trinajstić information content (AvgIpc) is 2.45. The molecule has 2 bridgehead atoms. The molecule has 5 nitrogen and oxygen atoms in total. The molecule has 2 unspecified atom stereocenters. The predicted molar refractivity (Wildman–Crippen MR) is 70.5 cm³/mol. The Hall–Kier alpha value is -1.38. The van der Waals surface area contributed by atoms with Gasteiger partial charge in [0.1, 0.15) is 5.56 Å². The van der Waals surface area contributed by atoms with Gasteiger partial charge >= 0.3 is 6.18 Å². The SMILES string of the molecule is COc1ncc(C2(O)CC3COCC(C2)N3)cc1C(F)(F)F. The van der Waals surface area contributed by atoms with Crippen LogP contribution in [0.3, 0.4) is 0 Å². The van der Waals surface area contributed by atoms with Crippen molar-refractivity contribution in [2.45, 2.75) is 36.7 Å². The van der Waals surface area contributed by atoms with Crippen molar-refractivity contribution in [3.05, 3.63) is 23.4 Å². The van der Waals surface area contributed by atoms with Crippen molar-refractivity contribution in [3.8, 4) is 5.88 Å². The Morgan fingerprint density at radius 1 is 1.36 bits per heavy atom. The second-order valence-corrected chi connectivity index (χ2v) is 5.82. The number of pyridine rings is 1. The lowest BCUT2D eigenvalue weighted by atomic mass is 9.78. The summed E-state index contributed by atoms with van der Waals surface area (Å²) >= 11 is 0. The molecule has 3 rings (SSSR count). The Morgan fingerprint density at radius 2 is 2.00 bits per heavy atom. The number of methoxy groups -OCH3 is 1. The number of fused-ring (bicyclic) bond motifs is 2. The van der Waals surface area contributed by atoms with Gasteiger partial charge in [0.25, 0.3) is 0 Å². The topological polar surface area (TPSA) is 63.6 Å². The van der Waals surface area contributed by atoms with E-state index in [0.29, 0.717) is 13.2 Å². The quantitative estimate of drug-likeness (QED) is 0.864. The first kappa shape index (κ1) is 15.5. The second kappa shape index (κ2) is 5.36. The van der Waals surface area contributed by atoms with Crippen molar-refractivity contribution in [1.29, 1.82) is 0 Å². The zero-order valence-electron chi connectivity index (χ0n) is 12.0. The number of halogens is 3. The molecule has 0 aliphatic carbocycles. The third kappa shape index (κ3) is 2.78. The van der Waals surface area contributed by atoms with Crippen LogP contribution in [-0.2, 0) is 16.5 Å². The molecule has 0 amide bonds. The highest BCUT2D eigenvalue weighted by atomic mass is 19.4. The summed E-state index contributed by atoms with van der Waals surface area (Å²) in [7, 11) is 1.14. The second-order valence-electron chi connectivity index (χ2n) is 5.82. The van der Waals surface area contributed by atoms with Gasteiger partial charge in [0, 0.05) is 23.8 Å². The molecule has 2 atom stereocenters. The molecule has 0 spiro atoms. The van der Waals surface area contributed by atoms with E-state index >= 15 is 0 Å². The highest BCUT2D eigenvalue weighted by Crippen LogP contribution is 2.41. The van der Waals surface area contributed by atoms with Gasteiger partial charge in [-0.3, -0.25) is 0 Å². The summed E-state index contributed by atoms with van der Waals surface area (Å²) in [5.41, 5.74) is -2.15. The van der Waals surface area contributed by atoms with Crippen LogP contribution in [0.4, 0.5) is 13.2 Å². The average molecular weight is 318 g/mol. The molecule has 0 saturated carbocycles. The largest absolute Gasteiger partial charge is 0.481 e. The fourth-order valence-corrected chi connectivity index (χ4v) is 3.22. The van der Waals surface area contributed by atoms with Gasteiger partial charge in [0.2, 0.25) is 5.88 Å². The number of alkyl halides is 3. The van der Waals surface area contributed by atoms with Crippen LogP contribution in [0.1, 0.15) is 24.0 Å². The fraction of sp³-hybridized carbons (Fsp3) is 0.643. The third-order valence-electron chi connectivity index (χ3n) is 4.16. The van der Waals surface area contributed by atoms with E-state index in [9.17, 15) is 18.3 Å². The van der Waals surface area contributed by atoms with Crippen LogP contribution in [0, 0.1) is 0 Å². The molecule has 0 aromatic carbocycles. The van der Waals surface area contributed by atoms with Gasteiger partial charge in [0.05, 0.1) is 25.9 Å². The minimum Gasteiger partial charge on any atom is -0.481 e. The number of hydrogen-bond acceptors (Lipinski definition) is 5. The van der Waals surface area contributed by atoms with E-state index in [0.717, 1.165) is 13.2 Å². The Morgan fingerprint density at radius 3 is 2.55 bits per heavy atom. The molecule has 2 N–H and O–H groups in total. The summed E-state index contributed by atoms with van der Waals surface area (Å²) in [6.45, 7) is 0.878. The van der Waals surface area contributed by atoms with Crippen molar-refractivity contribution in [3.63, 3.8) is 0 Å². The minimum atomic E-state index is -4.59. The predicted octanol–water partition coefficient (Wildman–Crippen LogP) is 1.45. The fourth-order valence-electron chi connectivity index (χ4n) is 3.22. The van der Waals surface area contributed by atoms with E-state index in [2.05, 4.69) is 15.0 Å². The molecule has 122 valence electrons. The molecule has 1 aromatic heterocycles. The summed E-state index contributed by atoms with van der Waals surface area (Å²) in [4.78, 5) is 3.72. The molecule has 2 saturated heterocycles. The summed E-state index contributed by atoms with van der Waals surface area (Å²) in [5.74, 6) is -0.489. The van der Waals surface area contributed by atoms with E-state index in [1.807, 2.05) is 0 Å². The maximum absolute atomic E-state index is 13.1. The van der Waals surface area contributed by atoms with Gasteiger partial charge in [-0.2, -0.15) is 13.2 Å². The van der Waals surface area contributed by atoms with Crippen LogP contribution >= 0.6 is 0 Å². The number of nitrogens with zero attached hydrogens (tertiary/aromatic N) is 1. The van der Waals surface area contributed by atoms with Crippen LogP contribution in [0.15, 0.2) is 12.3 Å². The van der Waals surface area contributed by atoms with Crippen molar-refractivity contribution in [2.75, 3.05) is 20.3 Å². The standard InChI is InChI=1S/C14H17F3N2O3/c1-21-12-11(14(15,16)17)2-8(5-18-12)13(20)3-9-6-22-7-10(4-13)19-9/h2,5,9-10,19-20H,3-4,6-7H2,1H3. The Balaban J connectivity index is 1.97. The van der Waals surface area contributed by atoms with E-state index in [-0.39, 0.29) is 30.5 Å². The number of piperidine rings is 1. The van der Waals surface area contributed by atoms with Gasteiger partial charge in [-0.1, -0.05) is 0 Å². The van der Waals surface area contributed by atoms with Crippen molar-refractivity contribution < 1.29 is 27.8 Å². The van der Waals surface area contributed by atoms with E-state index in [1.54, 1.807) is 0 Å². The van der Waals surface area contributed by atoms with Crippen LogP contribution in [0.2, 0.25) is 0 Å². The smallest absolute Gasteiger partial charge is 0.421 e. The van der Waals surface area contributed by atoms with E-state index < -0.39 is 23.2 Å². The lowest BCUT2D eigenvalue weighted by Crippen LogP contribution is -2.58. The Labute approximate surface area is 125 Å². The number of aliphatic hydroxyl groups is 1. The number of aromatic nitrogens is 1. The van der Waals surface area contributed by atoms with E-state index in [4.69, 9.17) is 4.74 Å². The molecule has 0 radical (unpaired) electrons. The summed E-state index contributed by atoms with van der Waals surface area (Å²) < 4.78 is 49.4. The first-order valence-electron chi connectivity index (χ1n) is 7.00. The molecule has 3 heterocycles. The van der Waals surface area contributed by atoms with Crippen molar-refractivity contribution in [1.82, 2.24) is 10.3 Å². The zero-order valence-corrected chi connectivity index (χ0v) is 12.0. The molecule has 2 fully saturated rings. The molecule has 1 aromatic rings. The van der Waals surface area contributed by atoms with Crippen molar-refractivity contribution in [2.24, 2.45) is 0 Å². The van der Waals surface area contributed by atoms with E-state index in [1.165, 1.54) is 6.20 Å². The monoisotopic (exact) mass is 318 g/mol. The first-order valence-corrected chi connectivity index (χ1v) is 7.00. The summed E-state index contributed by atoms with van der Waals surface area (Å²) in [5, 5.41) is 14.2. The lowest BCUT2D eigenvalue weighted by molar-refractivity contribution is -0.139. The van der Waals surface area contributed by atoms with Crippen LogP contribution in [-0.4, -0.2) is 42.5 Å². The number of morpholine rings is 1. The van der Waals surface area contributed by atoms with Crippen molar-refractivity contribution >= 4 is 0 Å². The number of ether oxygens (including phenoxy) is 2. The third-order valence-corrected chi connectivity index (χ3v) is 4.16. The zero-order chi connectivity index (χ0) is 16.0. The number of rotatable bonds is 2. The molecule has 8 heteroatoms. The highest BCUT2D eigenvalue weighted by molar-refractivity contribution is 5.35. The summed E-state index contributed by atoms with van der Waals surface area (Å²) in [6.07, 6.45) is -2.75. The number of hydrogen-bond donors (Lipinski definition) is 2. The van der Waals surface area contributed by atoms with Gasteiger partial charge in [-0.25, -0.2) is 4.98 Å². The normalized spacial score (nSPS) is 31.9. The Bertz CT molecular complexity index is 553. The van der Waals surface area contributed by atoms with Crippen LogP contribution in [0.25, 0.3) is 0 Å². The van der Waals surface area contributed by atoms with Gasteiger partial charge in [-0.05, 0) is 18.9 Å². The molecular formula is C14H17F3N2O3. The maximum atomic E-state index is 13.1. The molecule has 2 aliphatic heterocycles. The highest BCUT2D eigenvalue weighted by Gasteiger charge is 2.44. The van der Waals surface area contributed by atoms with Crippen LogP contribution < -0.4 is 10.1 Å². The van der Waals surface area contributed by atoms with Gasteiger partial charge in [0.15, 0.2) is 0 Å². The lowest BCUT2D eigenvalue weighted by Gasteiger charge is -2.45. The minimum absolute atomic E-state index is 0.0751. The van der Waals surface area contributed by atoms with Gasteiger partial charge < -0.3 is 19.9 Å². The van der Waals surface area contributed by atoms with Crippen LogP contribution in [0.5, 0.6) is 5.88 Å². The molecule has 2 aliphatic rings. The first-order chi connectivity index (χ1) is 10.3. The van der Waals surface area contributed by atoms with Gasteiger partial charge in [-0.15, -0.1) is 0 Å². The Kier molecular flexibility index (Phi) is 3.78.